The van der Waals surface area contributed by atoms with E-state index in [1.54, 1.807) is 4.90 Å². The van der Waals surface area contributed by atoms with E-state index in [-0.39, 0.29) is 11.7 Å². The summed E-state index contributed by atoms with van der Waals surface area (Å²) in [6.45, 7) is 6.63. The fraction of sp³-hybridized carbons (Fsp3) is 0.471. The highest BCUT2D eigenvalue weighted by Crippen LogP contribution is 2.27. The van der Waals surface area contributed by atoms with Gasteiger partial charge in [0.15, 0.2) is 0 Å². The van der Waals surface area contributed by atoms with Crippen LogP contribution in [0.25, 0.3) is 0 Å². The molecule has 0 radical (unpaired) electrons. The maximum absolute atomic E-state index is 12.5. The number of carbonyl (C=O) groups excluding carboxylic acids is 1. The van der Waals surface area contributed by atoms with Gasteiger partial charge in [0.05, 0.1) is 24.1 Å². The molecule has 1 aliphatic heterocycles. The van der Waals surface area contributed by atoms with Crippen molar-refractivity contribution < 1.29 is 22.4 Å². The molecule has 2 aromatic rings. The number of alkyl halides is 3. The van der Waals surface area contributed by atoms with Crippen LogP contribution in [0.3, 0.4) is 0 Å². The Morgan fingerprint density at radius 3 is 2.44 bits per heavy atom. The molecule has 1 aliphatic rings. The first-order valence-electron chi connectivity index (χ1n) is 8.47. The standard InChI is InChI=1S/C17H20F3N5O2/c1-11-12(2)27-15(22-11)10-24-5-7-25(8-6-24)16(26)23-13-3-4-14(21-9-13)17(18,19)20/h3-4,9H,5-8,10H2,1-2H3,(H,23,26). The Bertz CT molecular complexity index is 776. The minimum Gasteiger partial charge on any atom is -0.444 e. The molecule has 0 atom stereocenters. The Balaban J connectivity index is 1.49. The van der Waals surface area contributed by atoms with Crippen LogP contribution in [0.4, 0.5) is 23.7 Å². The Morgan fingerprint density at radius 1 is 1.22 bits per heavy atom. The maximum Gasteiger partial charge on any atom is 0.433 e. The van der Waals surface area contributed by atoms with Crippen molar-refractivity contribution in [2.45, 2.75) is 26.6 Å². The van der Waals surface area contributed by atoms with Crippen molar-refractivity contribution in [3.8, 4) is 0 Å². The number of rotatable bonds is 3. The fourth-order valence-electron chi connectivity index (χ4n) is 2.75. The topological polar surface area (TPSA) is 74.5 Å². The van der Waals surface area contributed by atoms with Crippen LogP contribution in [0.2, 0.25) is 0 Å². The van der Waals surface area contributed by atoms with E-state index in [0.29, 0.717) is 38.6 Å². The average Bonchev–Trinajstić information content (AvgIpc) is 2.92. The zero-order valence-corrected chi connectivity index (χ0v) is 15.0. The summed E-state index contributed by atoms with van der Waals surface area (Å²) in [5.41, 5.74) is 0.0976. The van der Waals surface area contributed by atoms with Crippen LogP contribution in [-0.4, -0.2) is 52.0 Å². The number of aryl methyl sites for hydroxylation is 2. The van der Waals surface area contributed by atoms with Gasteiger partial charge in [0, 0.05) is 26.2 Å². The van der Waals surface area contributed by atoms with Gasteiger partial charge in [-0.15, -0.1) is 0 Å². The van der Waals surface area contributed by atoms with Gasteiger partial charge >= 0.3 is 12.2 Å². The van der Waals surface area contributed by atoms with Crippen LogP contribution in [-0.2, 0) is 12.7 Å². The molecule has 0 unspecified atom stereocenters. The molecule has 0 aliphatic carbocycles. The van der Waals surface area contributed by atoms with Gasteiger partial charge in [-0.1, -0.05) is 0 Å². The summed E-state index contributed by atoms with van der Waals surface area (Å²) in [4.78, 5) is 23.7. The third kappa shape index (κ3) is 4.76. The van der Waals surface area contributed by atoms with E-state index in [4.69, 9.17) is 4.42 Å². The lowest BCUT2D eigenvalue weighted by Crippen LogP contribution is -2.49. The summed E-state index contributed by atoms with van der Waals surface area (Å²) in [5, 5.41) is 2.57. The molecule has 0 bridgehead atoms. The van der Waals surface area contributed by atoms with Gasteiger partial charge in [-0.3, -0.25) is 4.90 Å². The van der Waals surface area contributed by atoms with Crippen LogP contribution in [0.5, 0.6) is 0 Å². The van der Waals surface area contributed by atoms with Gasteiger partial charge in [0.25, 0.3) is 0 Å². The highest BCUT2D eigenvalue weighted by atomic mass is 19.4. The van der Waals surface area contributed by atoms with E-state index < -0.39 is 11.9 Å². The Labute approximate surface area is 154 Å². The first-order valence-corrected chi connectivity index (χ1v) is 8.47. The number of hydrogen-bond acceptors (Lipinski definition) is 5. The molecule has 0 spiro atoms. The van der Waals surface area contributed by atoms with Crippen molar-refractivity contribution in [2.75, 3.05) is 31.5 Å². The number of anilines is 1. The lowest BCUT2D eigenvalue weighted by molar-refractivity contribution is -0.141. The molecule has 10 heteroatoms. The molecule has 2 amide bonds. The molecule has 0 saturated carbocycles. The molecule has 1 saturated heterocycles. The second-order valence-electron chi connectivity index (χ2n) is 6.37. The van der Waals surface area contributed by atoms with Gasteiger partial charge in [-0.05, 0) is 26.0 Å². The number of carbonyl (C=O) groups is 1. The van der Waals surface area contributed by atoms with Crippen LogP contribution in [0.15, 0.2) is 22.7 Å². The summed E-state index contributed by atoms with van der Waals surface area (Å²) < 4.78 is 43.1. The second kappa shape index (κ2) is 7.55. The van der Waals surface area contributed by atoms with Crippen molar-refractivity contribution in [3.05, 3.63) is 41.4 Å². The van der Waals surface area contributed by atoms with Crippen molar-refractivity contribution in [1.82, 2.24) is 19.8 Å². The van der Waals surface area contributed by atoms with E-state index in [2.05, 4.69) is 20.2 Å². The van der Waals surface area contributed by atoms with E-state index in [1.807, 2.05) is 13.8 Å². The largest absolute Gasteiger partial charge is 0.444 e. The van der Waals surface area contributed by atoms with Gasteiger partial charge in [-0.25, -0.2) is 14.8 Å². The molecule has 2 aromatic heterocycles. The number of piperazine rings is 1. The van der Waals surface area contributed by atoms with Crippen LogP contribution >= 0.6 is 0 Å². The predicted octanol–water partition coefficient (Wildman–Crippen LogP) is 3.05. The number of amides is 2. The minimum atomic E-state index is -4.50. The van der Waals surface area contributed by atoms with E-state index in [9.17, 15) is 18.0 Å². The summed E-state index contributed by atoms with van der Waals surface area (Å²) in [6, 6.07) is 1.67. The number of hydrogen-bond donors (Lipinski definition) is 1. The third-order valence-electron chi connectivity index (χ3n) is 4.40. The molecule has 146 valence electrons. The quantitative estimate of drug-likeness (QED) is 0.882. The number of aromatic nitrogens is 2. The molecule has 3 heterocycles. The molecule has 1 N–H and O–H groups in total. The number of halogens is 3. The molecule has 27 heavy (non-hydrogen) atoms. The SMILES string of the molecule is Cc1nc(CN2CCN(C(=O)Nc3ccc(C(F)(F)F)nc3)CC2)oc1C. The van der Waals surface area contributed by atoms with Crippen molar-refractivity contribution in [3.63, 3.8) is 0 Å². The van der Waals surface area contributed by atoms with Crippen LogP contribution in [0.1, 0.15) is 23.0 Å². The van der Waals surface area contributed by atoms with Gasteiger partial charge < -0.3 is 14.6 Å². The fourth-order valence-corrected chi connectivity index (χ4v) is 2.75. The predicted molar refractivity (Wildman–Crippen MR) is 91.1 cm³/mol. The summed E-state index contributed by atoms with van der Waals surface area (Å²) in [5.74, 6) is 1.45. The van der Waals surface area contributed by atoms with Gasteiger partial charge in [0.2, 0.25) is 5.89 Å². The minimum absolute atomic E-state index is 0.223. The number of oxazole rings is 1. The van der Waals surface area contributed by atoms with Gasteiger partial charge in [-0.2, -0.15) is 13.2 Å². The molecule has 7 nitrogen and oxygen atoms in total. The highest BCUT2D eigenvalue weighted by molar-refractivity contribution is 5.89. The molecular weight excluding hydrogens is 363 g/mol. The lowest BCUT2D eigenvalue weighted by Gasteiger charge is -2.33. The zero-order valence-electron chi connectivity index (χ0n) is 15.0. The smallest absolute Gasteiger partial charge is 0.433 e. The first-order chi connectivity index (χ1) is 12.7. The monoisotopic (exact) mass is 383 g/mol. The summed E-state index contributed by atoms with van der Waals surface area (Å²) >= 11 is 0. The van der Waals surface area contributed by atoms with Crippen LogP contribution in [0, 0.1) is 13.8 Å². The molecular formula is C17H20F3N5O2. The van der Waals surface area contributed by atoms with Crippen molar-refractivity contribution in [2.24, 2.45) is 0 Å². The summed E-state index contributed by atoms with van der Waals surface area (Å²) in [7, 11) is 0. The molecule has 0 aromatic carbocycles. The third-order valence-corrected chi connectivity index (χ3v) is 4.40. The van der Waals surface area contributed by atoms with E-state index >= 15 is 0 Å². The van der Waals surface area contributed by atoms with Crippen molar-refractivity contribution in [1.29, 1.82) is 0 Å². The van der Waals surface area contributed by atoms with Gasteiger partial charge in [0.1, 0.15) is 11.5 Å². The zero-order chi connectivity index (χ0) is 19.6. The normalized spacial score (nSPS) is 15.8. The van der Waals surface area contributed by atoms with Crippen molar-refractivity contribution >= 4 is 11.7 Å². The van der Waals surface area contributed by atoms with E-state index in [0.717, 1.165) is 23.7 Å². The second-order valence-corrected chi connectivity index (χ2v) is 6.37. The molecule has 1 fully saturated rings. The average molecular weight is 383 g/mol. The number of urea groups is 1. The first kappa shape index (κ1) is 19.2. The Morgan fingerprint density at radius 2 is 1.93 bits per heavy atom. The number of pyridine rings is 1. The maximum atomic E-state index is 12.5. The molecule has 3 rings (SSSR count). The Hall–Kier alpha value is -2.62. The van der Waals surface area contributed by atoms with Crippen LogP contribution < -0.4 is 5.32 Å². The summed E-state index contributed by atoms with van der Waals surface area (Å²) in [6.07, 6.45) is -3.50. The number of nitrogens with one attached hydrogen (secondary N) is 1. The number of nitrogens with zero attached hydrogens (tertiary/aromatic N) is 4. The lowest BCUT2D eigenvalue weighted by atomic mass is 10.3. The van der Waals surface area contributed by atoms with E-state index in [1.165, 1.54) is 6.07 Å². The Kier molecular flexibility index (Phi) is 5.36. The highest BCUT2D eigenvalue weighted by Gasteiger charge is 2.32.